The average Bonchev–Trinajstić information content (AvgIpc) is 2.70. The number of fused-ring (bicyclic) bond motifs is 1. The second kappa shape index (κ2) is 7.74. The molecule has 0 aliphatic carbocycles. The molecule has 2 aromatic rings. The van der Waals surface area contributed by atoms with Crippen LogP contribution >= 0.6 is 47.2 Å². The van der Waals surface area contributed by atoms with E-state index in [1.165, 1.54) is 25.0 Å². The van der Waals surface area contributed by atoms with Crippen LogP contribution in [0.25, 0.3) is 11.0 Å². The molecule has 6 heteroatoms. The van der Waals surface area contributed by atoms with Gasteiger partial charge < -0.3 is 9.55 Å². The number of rotatable bonds is 7. The minimum Gasteiger partial charge on any atom is -0.331 e. The predicted octanol–water partition coefficient (Wildman–Crippen LogP) is 5.93. The lowest BCUT2D eigenvalue weighted by Crippen LogP contribution is -1.98. The molecule has 0 unspecified atom stereocenters. The summed E-state index contributed by atoms with van der Waals surface area (Å²) in [6.45, 7) is 0.927. The fourth-order valence-electron chi connectivity index (χ4n) is 2.24. The summed E-state index contributed by atoms with van der Waals surface area (Å²) in [7, 11) is 0. The third-order valence-electron chi connectivity index (χ3n) is 3.30. The van der Waals surface area contributed by atoms with Crippen LogP contribution in [0.2, 0.25) is 10.0 Å². The summed E-state index contributed by atoms with van der Waals surface area (Å²) >= 11 is 19.4. The van der Waals surface area contributed by atoms with Crippen LogP contribution in [0.5, 0.6) is 0 Å². The number of hydrogen-bond acceptors (Lipinski definition) is 2. The van der Waals surface area contributed by atoms with E-state index in [0.29, 0.717) is 10.0 Å². The molecular weight excluding hydrogens is 331 g/mol. The fourth-order valence-corrected chi connectivity index (χ4v) is 3.36. The molecule has 0 amide bonds. The summed E-state index contributed by atoms with van der Waals surface area (Å²) in [6, 6.07) is 3.73. The van der Waals surface area contributed by atoms with Crippen LogP contribution in [0.4, 0.5) is 0 Å². The number of H-pyrrole nitrogens is 1. The normalized spacial score (nSPS) is 11.3. The lowest BCUT2D eigenvalue weighted by Gasteiger charge is -2.05. The molecular formula is C14H18Cl2N2S2. The molecule has 0 fully saturated rings. The van der Waals surface area contributed by atoms with Crippen LogP contribution in [0.15, 0.2) is 12.1 Å². The van der Waals surface area contributed by atoms with Crippen molar-refractivity contribution in [3.8, 4) is 0 Å². The first-order chi connectivity index (χ1) is 9.63. The van der Waals surface area contributed by atoms with Gasteiger partial charge in [0.25, 0.3) is 0 Å². The molecule has 1 heterocycles. The van der Waals surface area contributed by atoms with Gasteiger partial charge in [-0.1, -0.05) is 36.0 Å². The zero-order chi connectivity index (χ0) is 14.5. The first-order valence-corrected chi connectivity index (χ1v) is 9.26. The minimum absolute atomic E-state index is 0.555. The highest BCUT2D eigenvalue weighted by molar-refractivity contribution is 7.98. The highest BCUT2D eigenvalue weighted by Gasteiger charge is 2.07. The van der Waals surface area contributed by atoms with Crippen LogP contribution in [0, 0.1) is 4.77 Å². The molecule has 0 radical (unpaired) electrons. The van der Waals surface area contributed by atoms with Crippen molar-refractivity contribution >= 4 is 58.2 Å². The Hall–Kier alpha value is -0.160. The number of hydrogen-bond donors (Lipinski definition) is 1. The second-order valence-electron chi connectivity index (χ2n) is 4.77. The summed E-state index contributed by atoms with van der Waals surface area (Å²) in [6.07, 6.45) is 7.09. The largest absolute Gasteiger partial charge is 0.331 e. The summed E-state index contributed by atoms with van der Waals surface area (Å²) in [5.41, 5.74) is 1.99. The molecule has 0 spiro atoms. The first kappa shape index (κ1) is 16.2. The topological polar surface area (TPSA) is 20.7 Å². The minimum atomic E-state index is 0.555. The summed E-state index contributed by atoms with van der Waals surface area (Å²) in [5, 5.41) is 1.13. The van der Waals surface area contributed by atoms with Crippen LogP contribution in [-0.4, -0.2) is 21.6 Å². The van der Waals surface area contributed by atoms with E-state index >= 15 is 0 Å². The number of aromatic nitrogens is 2. The van der Waals surface area contributed by atoms with Crippen molar-refractivity contribution in [2.75, 3.05) is 12.0 Å². The van der Waals surface area contributed by atoms with E-state index in [0.717, 1.165) is 28.8 Å². The number of unbranched alkanes of at least 4 members (excludes halogenated alkanes) is 3. The Balaban J connectivity index is 2.04. The highest BCUT2D eigenvalue weighted by Crippen LogP contribution is 2.27. The van der Waals surface area contributed by atoms with Crippen LogP contribution in [0.3, 0.4) is 0 Å². The number of halogens is 2. The highest BCUT2D eigenvalue weighted by atomic mass is 35.5. The van der Waals surface area contributed by atoms with E-state index in [1.54, 1.807) is 0 Å². The lowest BCUT2D eigenvalue weighted by molar-refractivity contribution is 0.589. The summed E-state index contributed by atoms with van der Waals surface area (Å²) in [4.78, 5) is 3.19. The number of aryl methyl sites for hydroxylation is 1. The monoisotopic (exact) mass is 348 g/mol. The van der Waals surface area contributed by atoms with Crippen molar-refractivity contribution in [3.63, 3.8) is 0 Å². The van der Waals surface area contributed by atoms with Crippen molar-refractivity contribution in [3.05, 3.63) is 26.9 Å². The Morgan fingerprint density at radius 2 is 1.85 bits per heavy atom. The van der Waals surface area contributed by atoms with Crippen LogP contribution in [-0.2, 0) is 6.54 Å². The van der Waals surface area contributed by atoms with Crippen molar-refractivity contribution in [1.29, 1.82) is 0 Å². The molecule has 20 heavy (non-hydrogen) atoms. The standard InChI is InChI=1S/C14H18Cl2N2S2/c1-20-7-5-3-2-4-6-18-13-9-11(16)10(15)8-12(13)17-14(18)19/h8-9H,2-7H2,1H3,(H,17,19). The molecule has 2 nitrogen and oxygen atoms in total. The van der Waals surface area contributed by atoms with Gasteiger partial charge in [0.2, 0.25) is 0 Å². The fraction of sp³-hybridized carbons (Fsp3) is 0.500. The average molecular weight is 349 g/mol. The third-order valence-corrected chi connectivity index (χ3v) is 5.04. The maximum absolute atomic E-state index is 6.09. The van der Waals surface area contributed by atoms with Gasteiger partial charge >= 0.3 is 0 Å². The number of imidazole rings is 1. The predicted molar refractivity (Wildman–Crippen MR) is 94.0 cm³/mol. The van der Waals surface area contributed by atoms with Gasteiger partial charge in [-0.3, -0.25) is 0 Å². The second-order valence-corrected chi connectivity index (χ2v) is 6.96. The van der Waals surface area contributed by atoms with E-state index in [9.17, 15) is 0 Å². The van der Waals surface area contributed by atoms with Gasteiger partial charge in [0.1, 0.15) is 0 Å². The molecule has 2 rings (SSSR count). The smallest absolute Gasteiger partial charge is 0.178 e. The van der Waals surface area contributed by atoms with Crippen LogP contribution in [0.1, 0.15) is 25.7 Å². The Morgan fingerprint density at radius 1 is 1.15 bits per heavy atom. The molecule has 1 aromatic carbocycles. The van der Waals surface area contributed by atoms with E-state index < -0.39 is 0 Å². The van der Waals surface area contributed by atoms with Gasteiger partial charge in [0.05, 0.1) is 21.1 Å². The molecule has 0 aliphatic rings. The third kappa shape index (κ3) is 3.94. The molecule has 110 valence electrons. The van der Waals surface area contributed by atoms with Crippen molar-refractivity contribution < 1.29 is 0 Å². The van der Waals surface area contributed by atoms with E-state index in [4.69, 9.17) is 35.4 Å². The van der Waals surface area contributed by atoms with E-state index in [2.05, 4.69) is 15.8 Å². The zero-order valence-corrected chi connectivity index (χ0v) is 14.6. The van der Waals surface area contributed by atoms with Gasteiger partial charge in [-0.05, 0) is 49.2 Å². The molecule has 0 atom stereocenters. The molecule has 0 saturated carbocycles. The van der Waals surface area contributed by atoms with Gasteiger partial charge in [-0.2, -0.15) is 11.8 Å². The Bertz CT molecular complexity index is 634. The zero-order valence-electron chi connectivity index (χ0n) is 11.4. The summed E-state index contributed by atoms with van der Waals surface area (Å²) in [5.74, 6) is 1.25. The van der Waals surface area contributed by atoms with Gasteiger partial charge in [-0.15, -0.1) is 0 Å². The van der Waals surface area contributed by atoms with E-state index in [-0.39, 0.29) is 0 Å². The number of nitrogens with zero attached hydrogens (tertiary/aromatic N) is 1. The van der Waals surface area contributed by atoms with Gasteiger partial charge in [0.15, 0.2) is 4.77 Å². The maximum Gasteiger partial charge on any atom is 0.178 e. The van der Waals surface area contributed by atoms with E-state index in [1.807, 2.05) is 23.9 Å². The molecule has 0 saturated heterocycles. The maximum atomic E-state index is 6.09. The van der Waals surface area contributed by atoms with Crippen LogP contribution < -0.4 is 0 Å². The Morgan fingerprint density at radius 3 is 2.60 bits per heavy atom. The molecule has 0 aliphatic heterocycles. The van der Waals surface area contributed by atoms with Gasteiger partial charge in [0, 0.05) is 6.54 Å². The molecule has 0 bridgehead atoms. The molecule has 1 N–H and O–H groups in total. The Labute approximate surface area is 138 Å². The number of thioether (sulfide) groups is 1. The SMILES string of the molecule is CSCCCCCCn1c(=S)[nH]c2cc(Cl)c(Cl)cc21. The lowest BCUT2D eigenvalue weighted by atomic mass is 10.2. The van der Waals surface area contributed by atoms with Crippen molar-refractivity contribution in [2.45, 2.75) is 32.2 Å². The quantitative estimate of drug-likeness (QED) is 0.494. The Kier molecular flexibility index (Phi) is 6.27. The number of aromatic amines is 1. The number of nitrogens with one attached hydrogen (secondary N) is 1. The number of benzene rings is 1. The van der Waals surface area contributed by atoms with Crippen molar-refractivity contribution in [2.24, 2.45) is 0 Å². The molecule has 1 aromatic heterocycles. The van der Waals surface area contributed by atoms with Gasteiger partial charge in [-0.25, -0.2) is 0 Å². The van der Waals surface area contributed by atoms with Crippen molar-refractivity contribution in [1.82, 2.24) is 9.55 Å². The summed E-state index contributed by atoms with van der Waals surface area (Å²) < 4.78 is 2.85. The first-order valence-electron chi connectivity index (χ1n) is 6.70.